The number of nitrogens with one attached hydrogen (secondary N) is 2. The van der Waals surface area contributed by atoms with Gasteiger partial charge in [0.1, 0.15) is 12.2 Å². The lowest BCUT2D eigenvalue weighted by atomic mass is 10.1. The van der Waals surface area contributed by atoms with Gasteiger partial charge in [0.05, 0.1) is 17.4 Å². The fourth-order valence-corrected chi connectivity index (χ4v) is 3.12. The Labute approximate surface area is 121 Å². The monoisotopic (exact) mass is 310 g/mol. The Bertz CT molecular complexity index is 710. The zero-order valence-corrected chi connectivity index (χ0v) is 12.0. The van der Waals surface area contributed by atoms with Gasteiger partial charge in [-0.2, -0.15) is 5.10 Å². The zero-order chi connectivity index (χ0) is 15.5. The summed E-state index contributed by atoms with van der Waals surface area (Å²) < 4.78 is 26.5. The smallest absolute Gasteiger partial charge is 0.335 e. The van der Waals surface area contributed by atoms with Gasteiger partial charge in [0.2, 0.25) is 10.0 Å². The second-order valence-electron chi connectivity index (χ2n) is 4.47. The van der Waals surface area contributed by atoms with Gasteiger partial charge in [0.25, 0.3) is 0 Å². The highest BCUT2D eigenvalue weighted by atomic mass is 32.2. The lowest BCUT2D eigenvalue weighted by Gasteiger charge is -2.11. The molecule has 0 radical (unpaired) electrons. The standard InChI is InChI=1S/C12H14N4O4S/c1-8(11-13-7-14-15-11)16-21(19,20)6-9-2-4-10(5-3-9)12(17)18/h2-5,7-8,16H,6H2,1H3,(H,17,18)(H,13,14,15). The highest BCUT2D eigenvalue weighted by Gasteiger charge is 2.18. The van der Waals surface area contributed by atoms with Gasteiger partial charge in [-0.05, 0) is 24.6 Å². The molecule has 3 N–H and O–H groups in total. The minimum absolute atomic E-state index is 0.110. The molecule has 0 saturated carbocycles. The predicted molar refractivity (Wildman–Crippen MR) is 74.0 cm³/mol. The van der Waals surface area contributed by atoms with Crippen LogP contribution in [0.25, 0.3) is 0 Å². The second kappa shape index (κ2) is 6.02. The average molecular weight is 310 g/mol. The molecule has 0 amide bonds. The number of carboxylic acid groups (broad SMARTS) is 1. The number of aromatic nitrogens is 3. The Morgan fingerprint density at radius 3 is 2.57 bits per heavy atom. The third-order valence-electron chi connectivity index (χ3n) is 2.76. The van der Waals surface area contributed by atoms with Gasteiger partial charge in [0.15, 0.2) is 0 Å². The van der Waals surface area contributed by atoms with E-state index in [4.69, 9.17) is 5.11 Å². The topological polar surface area (TPSA) is 125 Å². The average Bonchev–Trinajstić information content (AvgIpc) is 2.92. The lowest BCUT2D eigenvalue weighted by Crippen LogP contribution is -2.28. The van der Waals surface area contributed by atoms with Gasteiger partial charge < -0.3 is 5.11 Å². The van der Waals surface area contributed by atoms with Crippen LogP contribution in [0.5, 0.6) is 0 Å². The first-order valence-corrected chi connectivity index (χ1v) is 7.70. The van der Waals surface area contributed by atoms with E-state index in [1.54, 1.807) is 6.92 Å². The van der Waals surface area contributed by atoms with Crippen LogP contribution in [0.4, 0.5) is 0 Å². The van der Waals surface area contributed by atoms with E-state index in [0.717, 1.165) is 0 Å². The van der Waals surface area contributed by atoms with E-state index in [1.807, 2.05) is 0 Å². The minimum Gasteiger partial charge on any atom is -0.478 e. The number of carbonyl (C=O) groups is 1. The Morgan fingerprint density at radius 1 is 1.38 bits per heavy atom. The van der Waals surface area contributed by atoms with E-state index in [0.29, 0.717) is 11.4 Å². The molecule has 112 valence electrons. The molecule has 1 atom stereocenters. The number of H-pyrrole nitrogens is 1. The molecule has 1 unspecified atom stereocenters. The summed E-state index contributed by atoms with van der Waals surface area (Å²) in [6, 6.07) is 5.15. The zero-order valence-electron chi connectivity index (χ0n) is 11.1. The van der Waals surface area contributed by atoms with Crippen LogP contribution in [0.2, 0.25) is 0 Å². The Morgan fingerprint density at radius 2 is 2.05 bits per heavy atom. The molecule has 1 heterocycles. The van der Waals surface area contributed by atoms with Gasteiger partial charge in [-0.15, -0.1) is 0 Å². The summed E-state index contributed by atoms with van der Waals surface area (Å²) in [5.74, 6) is -0.882. The van der Waals surface area contributed by atoms with Gasteiger partial charge >= 0.3 is 5.97 Å². The molecule has 2 rings (SSSR count). The van der Waals surface area contributed by atoms with Crippen LogP contribution in [0.15, 0.2) is 30.6 Å². The van der Waals surface area contributed by atoms with Crippen molar-refractivity contribution in [2.75, 3.05) is 0 Å². The first-order chi connectivity index (χ1) is 9.87. The van der Waals surface area contributed by atoms with Crippen molar-refractivity contribution in [3.05, 3.63) is 47.5 Å². The Kier molecular flexibility index (Phi) is 4.34. The molecule has 0 aliphatic carbocycles. The first-order valence-electron chi connectivity index (χ1n) is 6.05. The second-order valence-corrected chi connectivity index (χ2v) is 6.23. The molecule has 2 aromatic rings. The summed E-state index contributed by atoms with van der Waals surface area (Å²) in [5.41, 5.74) is 0.608. The van der Waals surface area contributed by atoms with E-state index < -0.39 is 22.0 Å². The van der Waals surface area contributed by atoms with Crippen molar-refractivity contribution in [3.63, 3.8) is 0 Å². The van der Waals surface area contributed by atoms with Crippen LogP contribution < -0.4 is 4.72 Å². The van der Waals surface area contributed by atoms with Crippen molar-refractivity contribution >= 4 is 16.0 Å². The highest BCUT2D eigenvalue weighted by Crippen LogP contribution is 2.11. The first kappa shape index (κ1) is 15.1. The number of rotatable bonds is 6. The Balaban J connectivity index is 2.05. The number of benzene rings is 1. The summed E-state index contributed by atoms with van der Waals surface area (Å²) in [5, 5.41) is 15.0. The van der Waals surface area contributed by atoms with E-state index in [2.05, 4.69) is 19.9 Å². The van der Waals surface area contributed by atoms with Crippen LogP contribution in [0.3, 0.4) is 0 Å². The quantitative estimate of drug-likeness (QED) is 0.720. The van der Waals surface area contributed by atoms with Crippen molar-refractivity contribution in [3.8, 4) is 0 Å². The lowest BCUT2D eigenvalue weighted by molar-refractivity contribution is 0.0697. The molecule has 8 nitrogen and oxygen atoms in total. The summed E-state index contributed by atoms with van der Waals surface area (Å²) in [7, 11) is -3.58. The third-order valence-corrected chi connectivity index (χ3v) is 4.18. The predicted octanol–water partition coefficient (Wildman–Crippen LogP) is 0.683. The highest BCUT2D eigenvalue weighted by molar-refractivity contribution is 7.88. The van der Waals surface area contributed by atoms with Crippen molar-refractivity contribution in [1.29, 1.82) is 0 Å². The maximum Gasteiger partial charge on any atom is 0.335 e. The molecule has 1 aromatic heterocycles. The SMILES string of the molecule is CC(NS(=O)(=O)Cc1ccc(C(=O)O)cc1)c1ncn[nH]1. The number of aromatic carboxylic acids is 1. The van der Waals surface area contributed by atoms with Gasteiger partial charge in [0, 0.05) is 0 Å². The normalized spacial score (nSPS) is 13.0. The van der Waals surface area contributed by atoms with Crippen LogP contribution in [-0.2, 0) is 15.8 Å². The molecule has 1 aromatic carbocycles. The van der Waals surface area contributed by atoms with E-state index in [1.165, 1.54) is 30.6 Å². The molecular weight excluding hydrogens is 296 g/mol. The molecule has 0 fully saturated rings. The number of hydrogen-bond donors (Lipinski definition) is 3. The van der Waals surface area contributed by atoms with Gasteiger partial charge in [-0.1, -0.05) is 12.1 Å². The van der Waals surface area contributed by atoms with Crippen molar-refractivity contribution in [2.24, 2.45) is 0 Å². The number of sulfonamides is 1. The third kappa shape index (κ3) is 4.10. The molecule has 9 heteroatoms. The fourth-order valence-electron chi connectivity index (χ4n) is 1.75. The summed E-state index contributed by atoms with van der Waals surface area (Å²) in [4.78, 5) is 14.6. The van der Waals surface area contributed by atoms with Crippen LogP contribution >= 0.6 is 0 Å². The van der Waals surface area contributed by atoms with E-state index >= 15 is 0 Å². The molecule has 0 bridgehead atoms. The van der Waals surface area contributed by atoms with Gasteiger partial charge in [-0.3, -0.25) is 5.10 Å². The fraction of sp³-hybridized carbons (Fsp3) is 0.250. The number of aromatic amines is 1. The van der Waals surface area contributed by atoms with Crippen molar-refractivity contribution < 1.29 is 18.3 Å². The maximum absolute atomic E-state index is 12.0. The molecule has 21 heavy (non-hydrogen) atoms. The van der Waals surface area contributed by atoms with E-state index in [9.17, 15) is 13.2 Å². The molecule has 0 saturated heterocycles. The largest absolute Gasteiger partial charge is 0.478 e. The molecule has 0 aliphatic rings. The van der Waals surface area contributed by atoms with E-state index in [-0.39, 0.29) is 11.3 Å². The summed E-state index contributed by atoms with van der Waals surface area (Å²) in [6.07, 6.45) is 1.30. The van der Waals surface area contributed by atoms with Gasteiger partial charge in [-0.25, -0.2) is 22.9 Å². The summed E-state index contributed by atoms with van der Waals surface area (Å²) in [6.45, 7) is 1.64. The minimum atomic E-state index is -3.58. The number of nitrogens with zero attached hydrogens (tertiary/aromatic N) is 2. The van der Waals surface area contributed by atoms with Crippen LogP contribution in [0.1, 0.15) is 34.7 Å². The van der Waals surface area contributed by atoms with Crippen molar-refractivity contribution in [1.82, 2.24) is 19.9 Å². The number of carboxylic acids is 1. The molecular formula is C12H14N4O4S. The Hall–Kier alpha value is -2.26. The van der Waals surface area contributed by atoms with Crippen LogP contribution in [0, 0.1) is 0 Å². The maximum atomic E-state index is 12.0. The molecule has 0 aliphatic heterocycles. The summed E-state index contributed by atoms with van der Waals surface area (Å²) >= 11 is 0. The molecule has 0 spiro atoms. The van der Waals surface area contributed by atoms with Crippen molar-refractivity contribution in [2.45, 2.75) is 18.7 Å². The van der Waals surface area contributed by atoms with Crippen LogP contribution in [-0.4, -0.2) is 34.7 Å². The number of hydrogen-bond acceptors (Lipinski definition) is 5.